The largest absolute Gasteiger partial charge is 0.304 e. The summed E-state index contributed by atoms with van der Waals surface area (Å²) < 4.78 is 3.29. The Hall–Kier alpha value is -3.55. The molecule has 0 saturated heterocycles. The SMILES string of the molecule is Cc1cccc(Cn2nccc2NC(=O)c2nc3nc(C)cc(C)n3n2)c1. The second-order valence-electron chi connectivity index (χ2n) is 6.50. The molecule has 136 valence electrons. The van der Waals surface area contributed by atoms with Crippen LogP contribution in [0.3, 0.4) is 0 Å². The molecule has 0 saturated carbocycles. The van der Waals surface area contributed by atoms with Gasteiger partial charge in [0.25, 0.3) is 11.7 Å². The van der Waals surface area contributed by atoms with Crippen molar-refractivity contribution in [3.05, 3.63) is 70.9 Å². The van der Waals surface area contributed by atoms with Gasteiger partial charge in [-0.2, -0.15) is 10.1 Å². The number of hydrogen-bond acceptors (Lipinski definition) is 5. The molecule has 1 amide bonds. The number of carbonyl (C=O) groups excluding carboxylic acids is 1. The maximum atomic E-state index is 12.6. The van der Waals surface area contributed by atoms with Gasteiger partial charge in [0.05, 0.1) is 12.7 Å². The number of rotatable bonds is 4. The first-order valence-corrected chi connectivity index (χ1v) is 8.59. The Morgan fingerprint density at radius 3 is 2.78 bits per heavy atom. The van der Waals surface area contributed by atoms with Gasteiger partial charge in [-0.05, 0) is 32.4 Å². The van der Waals surface area contributed by atoms with Crippen LogP contribution in [0.4, 0.5) is 5.82 Å². The first-order valence-electron chi connectivity index (χ1n) is 8.59. The van der Waals surface area contributed by atoms with Crippen molar-refractivity contribution in [2.45, 2.75) is 27.3 Å². The fourth-order valence-corrected chi connectivity index (χ4v) is 2.98. The van der Waals surface area contributed by atoms with Gasteiger partial charge in [-0.3, -0.25) is 4.79 Å². The Labute approximate surface area is 155 Å². The molecule has 0 unspecified atom stereocenters. The molecule has 3 aromatic heterocycles. The zero-order valence-electron chi connectivity index (χ0n) is 15.3. The fourth-order valence-electron chi connectivity index (χ4n) is 2.98. The minimum atomic E-state index is -0.399. The first kappa shape index (κ1) is 16.9. The Bertz CT molecular complexity index is 1140. The zero-order chi connectivity index (χ0) is 19.0. The van der Waals surface area contributed by atoms with Crippen molar-refractivity contribution < 1.29 is 4.79 Å². The van der Waals surface area contributed by atoms with E-state index in [0.29, 0.717) is 18.1 Å². The molecule has 0 spiro atoms. The lowest BCUT2D eigenvalue weighted by Crippen LogP contribution is -2.17. The minimum absolute atomic E-state index is 0.0690. The van der Waals surface area contributed by atoms with Gasteiger partial charge in [0, 0.05) is 17.5 Å². The molecule has 3 heterocycles. The highest BCUT2D eigenvalue weighted by molar-refractivity contribution is 6.01. The maximum Gasteiger partial charge on any atom is 0.296 e. The molecule has 0 bridgehead atoms. The number of nitrogens with one attached hydrogen (secondary N) is 1. The summed E-state index contributed by atoms with van der Waals surface area (Å²) in [5.74, 6) is 0.662. The number of amides is 1. The molecule has 0 atom stereocenters. The molecule has 8 nitrogen and oxygen atoms in total. The Morgan fingerprint density at radius 2 is 1.96 bits per heavy atom. The monoisotopic (exact) mass is 361 g/mol. The van der Waals surface area contributed by atoms with Gasteiger partial charge in [0.15, 0.2) is 0 Å². The number of carbonyl (C=O) groups is 1. The summed E-state index contributed by atoms with van der Waals surface area (Å²) in [6.07, 6.45) is 1.65. The third-order valence-corrected chi connectivity index (χ3v) is 4.19. The van der Waals surface area contributed by atoms with Crippen molar-refractivity contribution in [1.82, 2.24) is 29.4 Å². The van der Waals surface area contributed by atoms with Crippen molar-refractivity contribution >= 4 is 17.5 Å². The van der Waals surface area contributed by atoms with Crippen LogP contribution < -0.4 is 5.32 Å². The highest BCUT2D eigenvalue weighted by Crippen LogP contribution is 2.13. The van der Waals surface area contributed by atoms with Crippen LogP contribution >= 0.6 is 0 Å². The Morgan fingerprint density at radius 1 is 1.11 bits per heavy atom. The van der Waals surface area contributed by atoms with Crippen LogP contribution in [0.2, 0.25) is 0 Å². The third-order valence-electron chi connectivity index (χ3n) is 4.19. The smallest absolute Gasteiger partial charge is 0.296 e. The topological polar surface area (TPSA) is 90.0 Å². The number of aromatic nitrogens is 6. The van der Waals surface area contributed by atoms with E-state index in [2.05, 4.69) is 31.5 Å². The number of nitrogens with zero attached hydrogens (tertiary/aromatic N) is 6. The highest BCUT2D eigenvalue weighted by atomic mass is 16.2. The molecular formula is C19H19N7O. The predicted molar refractivity (Wildman–Crippen MR) is 101 cm³/mol. The first-order chi connectivity index (χ1) is 13.0. The summed E-state index contributed by atoms with van der Waals surface area (Å²) in [5.41, 5.74) is 3.98. The molecule has 0 aliphatic carbocycles. The molecule has 0 radical (unpaired) electrons. The van der Waals surface area contributed by atoms with E-state index in [0.717, 1.165) is 17.0 Å². The number of fused-ring (bicyclic) bond motifs is 1. The summed E-state index contributed by atoms with van der Waals surface area (Å²) in [5, 5.41) is 11.4. The molecule has 1 aromatic carbocycles. The third kappa shape index (κ3) is 3.41. The highest BCUT2D eigenvalue weighted by Gasteiger charge is 2.17. The molecule has 0 aliphatic heterocycles. The van der Waals surface area contributed by atoms with E-state index in [-0.39, 0.29) is 5.82 Å². The van der Waals surface area contributed by atoms with Gasteiger partial charge in [-0.1, -0.05) is 29.8 Å². The lowest BCUT2D eigenvalue weighted by atomic mass is 10.1. The fraction of sp³-hybridized carbons (Fsp3) is 0.211. The van der Waals surface area contributed by atoms with Gasteiger partial charge in [-0.25, -0.2) is 14.2 Å². The summed E-state index contributed by atoms with van der Waals surface area (Å²) in [7, 11) is 0. The molecule has 1 N–H and O–H groups in total. The number of anilines is 1. The van der Waals surface area contributed by atoms with Crippen LogP contribution in [0.5, 0.6) is 0 Å². The molecule has 0 fully saturated rings. The van der Waals surface area contributed by atoms with E-state index < -0.39 is 5.91 Å². The number of aryl methyl sites for hydroxylation is 3. The van der Waals surface area contributed by atoms with Crippen LogP contribution in [-0.2, 0) is 6.54 Å². The van der Waals surface area contributed by atoms with Crippen molar-refractivity contribution in [1.29, 1.82) is 0 Å². The van der Waals surface area contributed by atoms with Crippen molar-refractivity contribution in [3.8, 4) is 0 Å². The summed E-state index contributed by atoms with van der Waals surface area (Å²) in [4.78, 5) is 21.2. The van der Waals surface area contributed by atoms with E-state index in [9.17, 15) is 4.79 Å². The molecular weight excluding hydrogens is 342 g/mol. The van der Waals surface area contributed by atoms with Crippen LogP contribution in [0, 0.1) is 20.8 Å². The second kappa shape index (κ2) is 6.64. The van der Waals surface area contributed by atoms with Crippen molar-refractivity contribution in [2.24, 2.45) is 0 Å². The lowest BCUT2D eigenvalue weighted by Gasteiger charge is -2.08. The molecule has 4 aromatic rings. The Balaban J connectivity index is 1.57. The van der Waals surface area contributed by atoms with E-state index >= 15 is 0 Å². The maximum absolute atomic E-state index is 12.6. The van der Waals surface area contributed by atoms with Gasteiger partial charge in [0.1, 0.15) is 5.82 Å². The van der Waals surface area contributed by atoms with Crippen LogP contribution in [0.15, 0.2) is 42.6 Å². The summed E-state index contributed by atoms with van der Waals surface area (Å²) in [6.45, 7) is 6.38. The van der Waals surface area contributed by atoms with Crippen LogP contribution in [-0.4, -0.2) is 35.3 Å². The van der Waals surface area contributed by atoms with Gasteiger partial charge in [-0.15, -0.1) is 5.10 Å². The lowest BCUT2D eigenvalue weighted by molar-refractivity contribution is 0.101. The average molecular weight is 361 g/mol. The predicted octanol–water partition coefficient (Wildman–Crippen LogP) is 2.55. The minimum Gasteiger partial charge on any atom is -0.304 e. The van der Waals surface area contributed by atoms with Gasteiger partial charge >= 0.3 is 0 Å². The van der Waals surface area contributed by atoms with E-state index in [4.69, 9.17) is 0 Å². The molecule has 27 heavy (non-hydrogen) atoms. The standard InChI is InChI=1S/C19H19N7O/c1-12-5-4-6-15(9-12)11-25-16(7-8-20-25)22-18(27)17-23-19-21-13(2)10-14(3)26(19)24-17/h4-10H,11H2,1-3H3,(H,22,27). The molecule has 0 aliphatic rings. The Kier molecular flexibility index (Phi) is 4.15. The zero-order valence-corrected chi connectivity index (χ0v) is 15.3. The summed E-state index contributed by atoms with van der Waals surface area (Å²) in [6, 6.07) is 11.8. The van der Waals surface area contributed by atoms with Crippen molar-refractivity contribution in [2.75, 3.05) is 5.32 Å². The molecule has 4 rings (SSSR count). The second-order valence-corrected chi connectivity index (χ2v) is 6.50. The molecule has 8 heteroatoms. The van der Waals surface area contributed by atoms with Crippen LogP contribution in [0.1, 0.15) is 33.1 Å². The van der Waals surface area contributed by atoms with Crippen molar-refractivity contribution in [3.63, 3.8) is 0 Å². The average Bonchev–Trinajstić information content (AvgIpc) is 3.22. The van der Waals surface area contributed by atoms with E-state index in [1.807, 2.05) is 45.0 Å². The summed E-state index contributed by atoms with van der Waals surface area (Å²) >= 11 is 0. The quantitative estimate of drug-likeness (QED) is 0.603. The van der Waals surface area contributed by atoms with Gasteiger partial charge in [0.2, 0.25) is 5.82 Å². The number of hydrogen-bond donors (Lipinski definition) is 1. The number of benzene rings is 1. The van der Waals surface area contributed by atoms with Crippen LogP contribution in [0.25, 0.3) is 5.78 Å². The van der Waals surface area contributed by atoms with E-state index in [1.54, 1.807) is 21.5 Å². The normalized spacial score (nSPS) is 11.1. The van der Waals surface area contributed by atoms with E-state index in [1.165, 1.54) is 5.56 Å². The van der Waals surface area contributed by atoms with Gasteiger partial charge < -0.3 is 5.32 Å².